The number of carbonyl (C=O) groups is 3. The van der Waals surface area contributed by atoms with Gasteiger partial charge in [0.25, 0.3) is 5.91 Å². The summed E-state index contributed by atoms with van der Waals surface area (Å²) in [5.74, 6) is -0.455. The molecule has 174 valence electrons. The van der Waals surface area contributed by atoms with E-state index in [1.165, 1.54) is 16.2 Å². The smallest absolute Gasteiger partial charge is 0.254 e. The highest BCUT2D eigenvalue weighted by Gasteiger charge is 2.22. The predicted molar refractivity (Wildman–Crippen MR) is 129 cm³/mol. The number of aryl methyl sites for hydroxylation is 1. The van der Waals surface area contributed by atoms with Crippen molar-refractivity contribution in [1.29, 1.82) is 0 Å². The minimum Gasteiger partial charge on any atom is -0.342 e. The molecule has 1 aromatic carbocycles. The van der Waals surface area contributed by atoms with Crippen LogP contribution >= 0.6 is 11.3 Å². The molecule has 0 radical (unpaired) electrons. The lowest BCUT2D eigenvalue weighted by Crippen LogP contribution is -2.42. The van der Waals surface area contributed by atoms with Crippen molar-refractivity contribution in [3.63, 3.8) is 0 Å². The molecular formula is C24H34N4O3S. The van der Waals surface area contributed by atoms with Crippen molar-refractivity contribution in [2.45, 2.75) is 59.9 Å². The Morgan fingerprint density at radius 3 is 2.25 bits per heavy atom. The quantitative estimate of drug-likeness (QED) is 0.549. The van der Waals surface area contributed by atoms with Crippen molar-refractivity contribution in [3.05, 3.63) is 46.5 Å². The van der Waals surface area contributed by atoms with E-state index in [-0.39, 0.29) is 36.7 Å². The molecule has 8 heteroatoms. The van der Waals surface area contributed by atoms with E-state index in [0.29, 0.717) is 16.4 Å². The molecule has 0 atom stereocenters. The number of aromatic nitrogens is 1. The molecule has 3 amide bonds. The van der Waals surface area contributed by atoms with Crippen LogP contribution in [0.5, 0.6) is 0 Å². The van der Waals surface area contributed by atoms with E-state index in [1.807, 2.05) is 37.8 Å². The van der Waals surface area contributed by atoms with Gasteiger partial charge in [0.05, 0.1) is 12.1 Å². The Bertz CT molecular complexity index is 902. The number of nitrogens with one attached hydrogen (secondary N) is 1. The summed E-state index contributed by atoms with van der Waals surface area (Å²) < 4.78 is 0. The van der Waals surface area contributed by atoms with E-state index >= 15 is 0 Å². The van der Waals surface area contributed by atoms with Crippen molar-refractivity contribution in [3.8, 4) is 0 Å². The molecule has 1 heterocycles. The monoisotopic (exact) mass is 458 g/mol. The van der Waals surface area contributed by atoms with Gasteiger partial charge in [0.15, 0.2) is 5.13 Å². The summed E-state index contributed by atoms with van der Waals surface area (Å²) in [5, 5.41) is 4.99. The molecule has 0 aliphatic heterocycles. The Balaban J connectivity index is 1.98. The van der Waals surface area contributed by atoms with Crippen LogP contribution in [0, 0.1) is 6.92 Å². The van der Waals surface area contributed by atoms with Crippen LogP contribution in [0.1, 0.15) is 62.2 Å². The number of anilines is 1. The van der Waals surface area contributed by atoms with Gasteiger partial charge in [-0.05, 0) is 45.7 Å². The van der Waals surface area contributed by atoms with Crippen LogP contribution in [0.2, 0.25) is 0 Å². The lowest BCUT2D eigenvalue weighted by molar-refractivity contribution is -0.130. The molecule has 0 saturated heterocycles. The van der Waals surface area contributed by atoms with Gasteiger partial charge < -0.3 is 15.1 Å². The Hall–Kier alpha value is -2.74. The van der Waals surface area contributed by atoms with E-state index < -0.39 is 0 Å². The lowest BCUT2D eigenvalue weighted by Gasteiger charge is -2.26. The molecule has 0 aliphatic carbocycles. The van der Waals surface area contributed by atoms with Crippen LogP contribution in [0.25, 0.3) is 0 Å². The molecule has 0 saturated carbocycles. The van der Waals surface area contributed by atoms with E-state index in [0.717, 1.165) is 31.5 Å². The zero-order chi connectivity index (χ0) is 23.7. The second kappa shape index (κ2) is 12.3. The maximum atomic E-state index is 12.9. The van der Waals surface area contributed by atoms with Gasteiger partial charge in [-0.25, -0.2) is 4.98 Å². The first-order valence-corrected chi connectivity index (χ1v) is 12.0. The average molecular weight is 459 g/mol. The Morgan fingerprint density at radius 1 is 1.06 bits per heavy atom. The Labute approximate surface area is 194 Å². The molecule has 0 aliphatic rings. The molecule has 32 heavy (non-hydrogen) atoms. The minimum absolute atomic E-state index is 0.0477. The van der Waals surface area contributed by atoms with Crippen LogP contribution in [0.15, 0.2) is 29.6 Å². The van der Waals surface area contributed by atoms with Crippen LogP contribution < -0.4 is 5.32 Å². The molecule has 2 rings (SSSR count). The standard InChI is InChI=1S/C24H34N4O3S/c1-6-12-27(13-7-2)22(30)14-20-16-32-24(25-20)26-21(29)15-28(17(3)4)23(31)19-10-8-18(5)9-11-19/h8-11,16-17H,6-7,12-15H2,1-5H3,(H,25,26,29). The van der Waals surface area contributed by atoms with Crippen LogP contribution in [0.3, 0.4) is 0 Å². The third kappa shape index (κ3) is 7.44. The van der Waals surface area contributed by atoms with Gasteiger partial charge in [-0.2, -0.15) is 0 Å². The summed E-state index contributed by atoms with van der Waals surface area (Å²) in [6.07, 6.45) is 2.05. The SMILES string of the molecule is CCCN(CCC)C(=O)Cc1csc(NC(=O)CN(C(=O)c2ccc(C)cc2)C(C)C)n1. The fraction of sp³-hybridized carbons (Fsp3) is 0.500. The van der Waals surface area contributed by atoms with Crippen LogP contribution in [0.4, 0.5) is 5.13 Å². The van der Waals surface area contributed by atoms with Crippen molar-refractivity contribution in [1.82, 2.24) is 14.8 Å². The number of thiazole rings is 1. The molecule has 2 aromatic rings. The molecule has 0 unspecified atom stereocenters. The topological polar surface area (TPSA) is 82.6 Å². The zero-order valence-electron chi connectivity index (χ0n) is 19.7. The third-order valence-electron chi connectivity index (χ3n) is 4.97. The number of nitrogens with zero attached hydrogens (tertiary/aromatic N) is 3. The number of hydrogen-bond acceptors (Lipinski definition) is 5. The number of amides is 3. The van der Waals surface area contributed by atoms with E-state index in [1.54, 1.807) is 17.5 Å². The zero-order valence-corrected chi connectivity index (χ0v) is 20.5. The van der Waals surface area contributed by atoms with Gasteiger partial charge in [0, 0.05) is 30.1 Å². The van der Waals surface area contributed by atoms with Gasteiger partial charge in [-0.1, -0.05) is 31.5 Å². The molecule has 0 bridgehead atoms. The number of hydrogen-bond donors (Lipinski definition) is 1. The van der Waals surface area contributed by atoms with Gasteiger partial charge in [0.2, 0.25) is 11.8 Å². The highest BCUT2D eigenvalue weighted by molar-refractivity contribution is 7.13. The van der Waals surface area contributed by atoms with Crippen LogP contribution in [-0.4, -0.2) is 58.2 Å². The summed E-state index contributed by atoms with van der Waals surface area (Å²) >= 11 is 1.28. The fourth-order valence-corrected chi connectivity index (χ4v) is 4.00. The van der Waals surface area contributed by atoms with Gasteiger partial charge in [-0.3, -0.25) is 14.4 Å². The largest absolute Gasteiger partial charge is 0.342 e. The van der Waals surface area contributed by atoms with Gasteiger partial charge in [-0.15, -0.1) is 11.3 Å². The maximum Gasteiger partial charge on any atom is 0.254 e. The predicted octanol–water partition coefficient (Wildman–Crippen LogP) is 4.13. The van der Waals surface area contributed by atoms with E-state index in [4.69, 9.17) is 0 Å². The second-order valence-electron chi connectivity index (χ2n) is 8.14. The molecular weight excluding hydrogens is 424 g/mol. The number of carbonyl (C=O) groups excluding carboxylic acids is 3. The van der Waals surface area contributed by atoms with E-state index in [9.17, 15) is 14.4 Å². The summed E-state index contributed by atoms with van der Waals surface area (Å²) in [7, 11) is 0. The molecule has 0 spiro atoms. The first kappa shape index (κ1) is 25.5. The summed E-state index contributed by atoms with van der Waals surface area (Å²) in [5.41, 5.74) is 2.26. The Morgan fingerprint density at radius 2 is 1.69 bits per heavy atom. The second-order valence-corrected chi connectivity index (χ2v) is 9.00. The summed E-state index contributed by atoms with van der Waals surface area (Å²) in [6.45, 7) is 11.2. The fourth-order valence-electron chi connectivity index (χ4n) is 3.28. The van der Waals surface area contributed by atoms with Gasteiger partial charge in [0.1, 0.15) is 6.54 Å². The van der Waals surface area contributed by atoms with Crippen molar-refractivity contribution < 1.29 is 14.4 Å². The highest BCUT2D eigenvalue weighted by atomic mass is 32.1. The van der Waals surface area contributed by atoms with Crippen LogP contribution in [-0.2, 0) is 16.0 Å². The number of benzene rings is 1. The lowest BCUT2D eigenvalue weighted by atomic mass is 10.1. The highest BCUT2D eigenvalue weighted by Crippen LogP contribution is 2.17. The summed E-state index contributed by atoms with van der Waals surface area (Å²) in [4.78, 5) is 45.8. The van der Waals surface area contributed by atoms with Crippen molar-refractivity contribution in [2.24, 2.45) is 0 Å². The Kier molecular flexibility index (Phi) is 9.84. The molecule has 1 N–H and O–H groups in total. The first-order chi connectivity index (χ1) is 15.2. The molecule has 1 aromatic heterocycles. The van der Waals surface area contributed by atoms with E-state index in [2.05, 4.69) is 24.1 Å². The summed E-state index contributed by atoms with van der Waals surface area (Å²) in [6, 6.07) is 7.17. The average Bonchev–Trinajstić information content (AvgIpc) is 3.18. The first-order valence-electron chi connectivity index (χ1n) is 11.1. The number of rotatable bonds is 11. The van der Waals surface area contributed by atoms with Gasteiger partial charge >= 0.3 is 0 Å². The van der Waals surface area contributed by atoms with Crippen molar-refractivity contribution >= 4 is 34.2 Å². The molecule has 0 fully saturated rings. The third-order valence-corrected chi connectivity index (χ3v) is 5.77. The van der Waals surface area contributed by atoms with Crippen molar-refractivity contribution in [2.75, 3.05) is 25.0 Å². The maximum absolute atomic E-state index is 12.9. The normalized spacial score (nSPS) is 10.8. The minimum atomic E-state index is -0.315. The molecule has 7 nitrogen and oxygen atoms in total.